The number of hydrogen-bond acceptors (Lipinski definition) is 4. The fourth-order valence-corrected chi connectivity index (χ4v) is 3.62. The number of anilines is 1. The first-order valence-corrected chi connectivity index (χ1v) is 7.41. The first kappa shape index (κ1) is 12.8. The Labute approximate surface area is 108 Å². The highest BCUT2D eigenvalue weighted by atomic mass is 32.1. The van der Waals surface area contributed by atoms with E-state index in [1.165, 1.54) is 47.9 Å². The molecule has 17 heavy (non-hydrogen) atoms. The highest BCUT2D eigenvalue weighted by Gasteiger charge is 2.20. The average Bonchev–Trinajstić information content (AvgIpc) is 2.53. The molecule has 2 heterocycles. The maximum Gasteiger partial charge on any atom is 0.186 e. The minimum atomic E-state index is 0.644. The molecule has 0 radical (unpaired) electrons. The van der Waals surface area contributed by atoms with Gasteiger partial charge in [0.25, 0.3) is 0 Å². The van der Waals surface area contributed by atoms with Crippen molar-refractivity contribution in [2.45, 2.75) is 52.1 Å². The van der Waals surface area contributed by atoms with Crippen molar-refractivity contribution in [1.82, 2.24) is 10.3 Å². The number of rotatable bonds is 3. The normalized spacial score (nSPS) is 21.6. The molecular formula is C13H23N3S. The molecule has 4 heteroatoms. The number of hydrogen-bond donors (Lipinski definition) is 1. The van der Waals surface area contributed by atoms with Gasteiger partial charge in [0.1, 0.15) is 0 Å². The highest BCUT2D eigenvalue weighted by molar-refractivity contribution is 7.15. The van der Waals surface area contributed by atoms with Gasteiger partial charge in [-0.1, -0.05) is 12.8 Å². The summed E-state index contributed by atoms with van der Waals surface area (Å²) >= 11 is 1.86. The van der Waals surface area contributed by atoms with E-state index in [1.807, 2.05) is 18.4 Å². The standard InChI is InChI=1S/C13H23N3S/c1-10-7-5-4-6-8-16(10)13-15-11(2)12(17-13)9-14-3/h10,14H,4-9H2,1-3H3. The van der Waals surface area contributed by atoms with E-state index in [0.717, 1.165) is 6.54 Å². The van der Waals surface area contributed by atoms with Gasteiger partial charge in [-0.3, -0.25) is 0 Å². The minimum Gasteiger partial charge on any atom is -0.345 e. The molecule has 1 aromatic rings. The largest absolute Gasteiger partial charge is 0.345 e. The second kappa shape index (κ2) is 5.83. The van der Waals surface area contributed by atoms with Crippen LogP contribution in [0, 0.1) is 6.92 Å². The molecule has 1 aliphatic rings. The van der Waals surface area contributed by atoms with Crippen molar-refractivity contribution >= 4 is 16.5 Å². The maximum atomic E-state index is 4.75. The zero-order chi connectivity index (χ0) is 12.3. The fourth-order valence-electron chi connectivity index (χ4n) is 2.42. The third kappa shape index (κ3) is 2.99. The van der Waals surface area contributed by atoms with Crippen molar-refractivity contribution in [3.63, 3.8) is 0 Å². The van der Waals surface area contributed by atoms with Crippen LogP contribution in [-0.2, 0) is 6.54 Å². The first-order chi connectivity index (χ1) is 8.22. The molecule has 0 amide bonds. The van der Waals surface area contributed by atoms with Crippen LogP contribution in [0.3, 0.4) is 0 Å². The summed E-state index contributed by atoms with van der Waals surface area (Å²) in [7, 11) is 1.99. The Hall–Kier alpha value is -0.610. The van der Waals surface area contributed by atoms with Crippen LogP contribution < -0.4 is 10.2 Å². The van der Waals surface area contributed by atoms with E-state index in [1.54, 1.807) is 0 Å². The summed E-state index contributed by atoms with van der Waals surface area (Å²) in [6.07, 6.45) is 5.35. The second-order valence-electron chi connectivity index (χ2n) is 4.93. The molecule has 3 nitrogen and oxygen atoms in total. The Bertz CT molecular complexity index is 362. The number of nitrogens with one attached hydrogen (secondary N) is 1. The summed E-state index contributed by atoms with van der Waals surface area (Å²) < 4.78 is 0. The molecule has 0 bridgehead atoms. The molecule has 1 atom stereocenters. The van der Waals surface area contributed by atoms with Crippen molar-refractivity contribution in [2.75, 3.05) is 18.5 Å². The lowest BCUT2D eigenvalue weighted by Gasteiger charge is -2.26. The number of aryl methyl sites for hydroxylation is 1. The molecule has 0 saturated carbocycles. The first-order valence-electron chi connectivity index (χ1n) is 6.60. The Morgan fingerprint density at radius 1 is 1.41 bits per heavy atom. The SMILES string of the molecule is CNCc1sc(N2CCCCCC2C)nc1C. The van der Waals surface area contributed by atoms with Crippen molar-refractivity contribution in [1.29, 1.82) is 0 Å². The van der Waals surface area contributed by atoms with E-state index >= 15 is 0 Å². The van der Waals surface area contributed by atoms with Gasteiger partial charge in [0.05, 0.1) is 5.69 Å². The molecule has 1 aromatic heterocycles. The van der Waals surface area contributed by atoms with Crippen LogP contribution in [0.15, 0.2) is 0 Å². The Morgan fingerprint density at radius 3 is 3.00 bits per heavy atom. The van der Waals surface area contributed by atoms with Gasteiger partial charge in [-0.05, 0) is 33.7 Å². The van der Waals surface area contributed by atoms with Crippen LogP contribution in [0.5, 0.6) is 0 Å². The van der Waals surface area contributed by atoms with Gasteiger partial charge in [0.15, 0.2) is 5.13 Å². The van der Waals surface area contributed by atoms with Crippen LogP contribution in [-0.4, -0.2) is 24.6 Å². The molecule has 1 aliphatic heterocycles. The fraction of sp³-hybridized carbons (Fsp3) is 0.769. The van der Waals surface area contributed by atoms with Crippen molar-refractivity contribution in [3.8, 4) is 0 Å². The summed E-state index contributed by atoms with van der Waals surface area (Å²) in [6.45, 7) is 6.56. The molecule has 2 rings (SSSR count). The highest BCUT2D eigenvalue weighted by Crippen LogP contribution is 2.30. The quantitative estimate of drug-likeness (QED) is 0.897. The summed E-state index contributed by atoms with van der Waals surface area (Å²) in [6, 6.07) is 0.644. The van der Waals surface area contributed by atoms with Crippen molar-refractivity contribution in [2.24, 2.45) is 0 Å². The van der Waals surface area contributed by atoms with Crippen LogP contribution in [0.2, 0.25) is 0 Å². The lowest BCUT2D eigenvalue weighted by atomic mass is 10.1. The minimum absolute atomic E-state index is 0.644. The molecular weight excluding hydrogens is 230 g/mol. The summed E-state index contributed by atoms with van der Waals surface area (Å²) in [4.78, 5) is 8.63. The molecule has 0 spiro atoms. The van der Waals surface area contributed by atoms with Crippen LogP contribution >= 0.6 is 11.3 Å². The van der Waals surface area contributed by atoms with E-state index in [4.69, 9.17) is 4.98 Å². The van der Waals surface area contributed by atoms with Gasteiger partial charge in [-0.25, -0.2) is 4.98 Å². The van der Waals surface area contributed by atoms with E-state index in [-0.39, 0.29) is 0 Å². The maximum absolute atomic E-state index is 4.75. The van der Waals surface area contributed by atoms with Crippen LogP contribution in [0.1, 0.15) is 43.2 Å². The third-order valence-electron chi connectivity index (χ3n) is 3.52. The van der Waals surface area contributed by atoms with Crippen molar-refractivity contribution in [3.05, 3.63) is 10.6 Å². The number of aromatic nitrogens is 1. The molecule has 1 unspecified atom stereocenters. The Morgan fingerprint density at radius 2 is 2.24 bits per heavy atom. The predicted octanol–water partition coefficient (Wildman–Crippen LogP) is 2.94. The summed E-state index contributed by atoms with van der Waals surface area (Å²) in [5.41, 5.74) is 1.19. The average molecular weight is 253 g/mol. The molecule has 0 aliphatic carbocycles. The van der Waals surface area contributed by atoms with Crippen LogP contribution in [0.25, 0.3) is 0 Å². The number of nitrogens with zero attached hydrogens (tertiary/aromatic N) is 2. The predicted molar refractivity (Wildman–Crippen MR) is 74.9 cm³/mol. The van der Waals surface area contributed by atoms with E-state index in [9.17, 15) is 0 Å². The smallest absolute Gasteiger partial charge is 0.186 e. The van der Waals surface area contributed by atoms with Gasteiger partial charge in [0, 0.05) is 24.0 Å². The summed E-state index contributed by atoms with van der Waals surface area (Å²) in [5.74, 6) is 0. The third-order valence-corrected chi connectivity index (χ3v) is 4.71. The Kier molecular flexibility index (Phi) is 4.40. The Balaban J connectivity index is 2.16. The molecule has 1 fully saturated rings. The molecule has 1 N–H and O–H groups in total. The lowest BCUT2D eigenvalue weighted by Crippen LogP contribution is -2.32. The van der Waals surface area contributed by atoms with E-state index < -0.39 is 0 Å². The van der Waals surface area contributed by atoms with Gasteiger partial charge in [-0.15, -0.1) is 11.3 Å². The lowest BCUT2D eigenvalue weighted by molar-refractivity contribution is 0.615. The van der Waals surface area contributed by atoms with Crippen molar-refractivity contribution < 1.29 is 0 Å². The van der Waals surface area contributed by atoms with Gasteiger partial charge >= 0.3 is 0 Å². The van der Waals surface area contributed by atoms with Crippen LogP contribution in [0.4, 0.5) is 5.13 Å². The zero-order valence-electron chi connectivity index (χ0n) is 11.1. The van der Waals surface area contributed by atoms with Gasteiger partial charge in [-0.2, -0.15) is 0 Å². The zero-order valence-corrected chi connectivity index (χ0v) is 11.9. The van der Waals surface area contributed by atoms with Gasteiger partial charge in [0.2, 0.25) is 0 Å². The van der Waals surface area contributed by atoms with E-state index in [0.29, 0.717) is 6.04 Å². The topological polar surface area (TPSA) is 28.2 Å². The van der Waals surface area contributed by atoms with E-state index in [2.05, 4.69) is 24.1 Å². The van der Waals surface area contributed by atoms with Gasteiger partial charge < -0.3 is 10.2 Å². The summed E-state index contributed by atoms with van der Waals surface area (Å²) in [5, 5.41) is 4.44. The molecule has 0 aromatic carbocycles. The monoisotopic (exact) mass is 253 g/mol. The number of thiazole rings is 1. The molecule has 96 valence electrons. The second-order valence-corrected chi connectivity index (χ2v) is 5.99. The molecule has 1 saturated heterocycles.